The number of halogens is 2. The van der Waals surface area contributed by atoms with Crippen molar-refractivity contribution in [2.24, 2.45) is 0 Å². The Hall–Kier alpha value is -1.70. The summed E-state index contributed by atoms with van der Waals surface area (Å²) in [4.78, 5) is 14.0. The first-order valence-corrected chi connectivity index (χ1v) is 6.98. The van der Waals surface area contributed by atoms with Gasteiger partial charge in [0.25, 0.3) is 5.91 Å². The average molecular weight is 310 g/mol. The fourth-order valence-corrected chi connectivity index (χ4v) is 2.31. The van der Waals surface area contributed by atoms with E-state index in [9.17, 15) is 4.79 Å². The van der Waals surface area contributed by atoms with Crippen molar-refractivity contribution in [2.45, 2.75) is 12.8 Å². The normalized spacial score (nSPS) is 15.1. The molecule has 104 valence electrons. The molecule has 4 nitrogen and oxygen atoms in total. The van der Waals surface area contributed by atoms with E-state index in [1.165, 1.54) is 0 Å². The topological polar surface area (TPSA) is 56.1 Å². The summed E-state index contributed by atoms with van der Waals surface area (Å²) in [5.74, 6) is -0.483. The quantitative estimate of drug-likeness (QED) is 0.687. The van der Waals surface area contributed by atoms with E-state index < -0.39 is 5.91 Å². The molecule has 20 heavy (non-hydrogen) atoms. The third-order valence-electron chi connectivity index (χ3n) is 2.99. The molecule has 0 bridgehead atoms. The predicted octanol–water partition coefficient (Wildman–Crippen LogP) is 3.44. The van der Waals surface area contributed by atoms with Crippen molar-refractivity contribution in [3.05, 3.63) is 40.0 Å². The predicted molar refractivity (Wildman–Crippen MR) is 79.6 cm³/mol. The molecule has 0 unspecified atom stereocenters. The second-order valence-electron chi connectivity index (χ2n) is 4.48. The van der Waals surface area contributed by atoms with Gasteiger partial charge < -0.3 is 10.2 Å². The lowest BCUT2D eigenvalue weighted by molar-refractivity contribution is -0.112. The number of carbonyl (C=O) groups is 1. The monoisotopic (exact) mass is 309 g/mol. The Balaban J connectivity index is 2.13. The van der Waals surface area contributed by atoms with E-state index in [1.807, 2.05) is 11.0 Å². The zero-order valence-corrected chi connectivity index (χ0v) is 12.2. The van der Waals surface area contributed by atoms with Crippen LogP contribution in [-0.4, -0.2) is 23.9 Å². The van der Waals surface area contributed by atoms with Crippen LogP contribution in [0.2, 0.25) is 10.0 Å². The minimum absolute atomic E-state index is 0.0583. The molecule has 1 aromatic rings. The number of amides is 1. The molecular formula is C14H13Cl2N3O. The number of likely N-dealkylation sites (tertiary alicyclic amines) is 1. The number of hydrogen-bond acceptors (Lipinski definition) is 3. The lowest BCUT2D eigenvalue weighted by atomic mass is 10.2. The fraction of sp³-hybridized carbons (Fsp3) is 0.286. The molecule has 0 spiro atoms. The molecule has 6 heteroatoms. The summed E-state index contributed by atoms with van der Waals surface area (Å²) in [7, 11) is 0. The molecule has 1 heterocycles. The first-order chi connectivity index (χ1) is 9.60. The second-order valence-corrected chi connectivity index (χ2v) is 5.32. The Morgan fingerprint density at radius 2 is 2.05 bits per heavy atom. The zero-order chi connectivity index (χ0) is 14.5. The highest BCUT2D eigenvalue weighted by Gasteiger charge is 2.15. The largest absolute Gasteiger partial charge is 0.376 e. The van der Waals surface area contributed by atoms with E-state index in [0.29, 0.717) is 15.7 Å². The molecule has 2 rings (SSSR count). The molecule has 1 amide bonds. The van der Waals surface area contributed by atoms with Gasteiger partial charge >= 0.3 is 0 Å². The van der Waals surface area contributed by atoms with E-state index in [2.05, 4.69) is 5.32 Å². The molecule has 1 N–H and O–H groups in total. The van der Waals surface area contributed by atoms with E-state index in [4.69, 9.17) is 28.5 Å². The lowest BCUT2D eigenvalue weighted by Crippen LogP contribution is -2.18. The number of anilines is 1. The minimum atomic E-state index is -0.483. The molecule has 0 saturated carbocycles. The van der Waals surface area contributed by atoms with E-state index in [-0.39, 0.29) is 5.57 Å². The Kier molecular flexibility index (Phi) is 4.89. The second kappa shape index (κ2) is 6.65. The van der Waals surface area contributed by atoms with Gasteiger partial charge in [-0.3, -0.25) is 4.79 Å². The van der Waals surface area contributed by atoms with Crippen LogP contribution in [0, 0.1) is 11.3 Å². The maximum atomic E-state index is 12.1. The molecule has 1 aromatic carbocycles. The van der Waals surface area contributed by atoms with Crippen molar-refractivity contribution in [3.8, 4) is 6.07 Å². The number of carbonyl (C=O) groups excluding carboxylic acids is 1. The molecule has 0 radical (unpaired) electrons. The minimum Gasteiger partial charge on any atom is -0.376 e. The fourth-order valence-electron chi connectivity index (χ4n) is 1.97. The Bertz CT molecular complexity index is 587. The number of rotatable bonds is 3. The van der Waals surface area contributed by atoms with Crippen LogP contribution in [0.1, 0.15) is 12.8 Å². The summed E-state index contributed by atoms with van der Waals surface area (Å²) in [5.41, 5.74) is 0.453. The summed E-state index contributed by atoms with van der Waals surface area (Å²) in [6.07, 6.45) is 3.76. The molecule has 0 aromatic heterocycles. The maximum absolute atomic E-state index is 12.1. The smallest absolute Gasteiger partial charge is 0.267 e. The van der Waals surface area contributed by atoms with Crippen LogP contribution in [0.15, 0.2) is 30.0 Å². The van der Waals surface area contributed by atoms with Crippen LogP contribution >= 0.6 is 23.2 Å². The zero-order valence-electron chi connectivity index (χ0n) is 10.7. The van der Waals surface area contributed by atoms with Crippen LogP contribution in [0.3, 0.4) is 0 Å². The first-order valence-electron chi connectivity index (χ1n) is 6.22. The van der Waals surface area contributed by atoms with Crippen molar-refractivity contribution < 1.29 is 4.79 Å². The van der Waals surface area contributed by atoms with Crippen molar-refractivity contribution in [1.29, 1.82) is 5.26 Å². The van der Waals surface area contributed by atoms with Gasteiger partial charge in [0, 0.05) is 24.3 Å². The highest BCUT2D eigenvalue weighted by atomic mass is 35.5. The molecule has 0 aliphatic carbocycles. The van der Waals surface area contributed by atoms with Gasteiger partial charge in [-0.25, -0.2) is 0 Å². The SMILES string of the molecule is N#C/C(=C/N1CCCC1)C(=O)Nc1cc(Cl)ccc1Cl. The van der Waals surface area contributed by atoms with Crippen LogP contribution in [0.4, 0.5) is 5.69 Å². The number of nitrogens with zero attached hydrogens (tertiary/aromatic N) is 2. The number of nitriles is 1. The van der Waals surface area contributed by atoms with Gasteiger partial charge in [-0.1, -0.05) is 23.2 Å². The van der Waals surface area contributed by atoms with E-state index in [0.717, 1.165) is 25.9 Å². The van der Waals surface area contributed by atoms with E-state index >= 15 is 0 Å². The van der Waals surface area contributed by atoms with Gasteiger partial charge in [0.15, 0.2) is 0 Å². The maximum Gasteiger partial charge on any atom is 0.267 e. The Morgan fingerprint density at radius 1 is 1.35 bits per heavy atom. The van der Waals surface area contributed by atoms with Crippen LogP contribution in [0.25, 0.3) is 0 Å². The molecule has 1 aliphatic heterocycles. The molecule has 0 atom stereocenters. The van der Waals surface area contributed by atoms with E-state index in [1.54, 1.807) is 24.4 Å². The van der Waals surface area contributed by atoms with Gasteiger partial charge in [0.1, 0.15) is 11.6 Å². The third-order valence-corrected chi connectivity index (χ3v) is 3.56. The van der Waals surface area contributed by atoms with Gasteiger partial charge in [-0.15, -0.1) is 0 Å². The summed E-state index contributed by atoms with van der Waals surface area (Å²) >= 11 is 11.8. The van der Waals surface area contributed by atoms with Crippen LogP contribution in [0.5, 0.6) is 0 Å². The standard InChI is InChI=1S/C14H13Cl2N3O/c15-11-3-4-12(16)13(7-11)18-14(20)10(8-17)9-19-5-1-2-6-19/h3-4,7,9H,1-2,5-6H2,(H,18,20)/b10-9-. The van der Waals surface area contributed by atoms with Gasteiger partial charge in [-0.2, -0.15) is 5.26 Å². The van der Waals surface area contributed by atoms with Crippen molar-refractivity contribution >= 4 is 34.8 Å². The Morgan fingerprint density at radius 3 is 2.70 bits per heavy atom. The van der Waals surface area contributed by atoms with Gasteiger partial charge in [0.05, 0.1) is 10.7 Å². The average Bonchev–Trinajstić information content (AvgIpc) is 2.93. The molecule has 1 saturated heterocycles. The lowest BCUT2D eigenvalue weighted by Gasteiger charge is -2.12. The highest BCUT2D eigenvalue weighted by Crippen LogP contribution is 2.25. The highest BCUT2D eigenvalue weighted by molar-refractivity contribution is 6.35. The third kappa shape index (κ3) is 3.66. The molecular weight excluding hydrogens is 297 g/mol. The number of benzene rings is 1. The number of nitrogens with one attached hydrogen (secondary N) is 1. The van der Waals surface area contributed by atoms with Crippen LogP contribution in [-0.2, 0) is 4.79 Å². The van der Waals surface area contributed by atoms with Crippen molar-refractivity contribution in [3.63, 3.8) is 0 Å². The summed E-state index contributed by atoms with van der Waals surface area (Å²) in [5, 5.41) is 12.5. The summed E-state index contributed by atoms with van der Waals surface area (Å²) in [6, 6.07) is 6.69. The Labute approximate surface area is 127 Å². The van der Waals surface area contributed by atoms with Crippen molar-refractivity contribution in [2.75, 3.05) is 18.4 Å². The first kappa shape index (κ1) is 14.7. The summed E-state index contributed by atoms with van der Waals surface area (Å²) in [6.45, 7) is 1.74. The van der Waals surface area contributed by atoms with Gasteiger partial charge in [0.2, 0.25) is 0 Å². The summed E-state index contributed by atoms with van der Waals surface area (Å²) < 4.78 is 0. The number of hydrogen-bond donors (Lipinski definition) is 1. The molecule has 1 aliphatic rings. The van der Waals surface area contributed by atoms with Crippen LogP contribution < -0.4 is 5.32 Å². The van der Waals surface area contributed by atoms with Crippen molar-refractivity contribution in [1.82, 2.24) is 4.90 Å². The van der Waals surface area contributed by atoms with Gasteiger partial charge in [-0.05, 0) is 31.0 Å². The molecule has 1 fully saturated rings.